The highest BCUT2D eigenvalue weighted by atomic mass is 15.1. The van der Waals surface area contributed by atoms with Gasteiger partial charge in [0.25, 0.3) is 0 Å². The van der Waals surface area contributed by atoms with Crippen LogP contribution in [0.4, 0.5) is 11.5 Å². The number of pyridine rings is 2. The van der Waals surface area contributed by atoms with Crippen molar-refractivity contribution in [3.63, 3.8) is 0 Å². The van der Waals surface area contributed by atoms with E-state index < -0.39 is 0 Å². The van der Waals surface area contributed by atoms with Crippen molar-refractivity contribution in [2.75, 3.05) is 5.32 Å². The van der Waals surface area contributed by atoms with Gasteiger partial charge in [-0.2, -0.15) is 5.10 Å². The number of H-pyrrole nitrogens is 1. The van der Waals surface area contributed by atoms with Gasteiger partial charge in [0, 0.05) is 29.8 Å². The third-order valence-electron chi connectivity index (χ3n) is 3.94. The van der Waals surface area contributed by atoms with Crippen molar-refractivity contribution in [2.24, 2.45) is 0 Å². The fraction of sp³-hybridized carbons (Fsp3) is 0.0500. The minimum absolute atomic E-state index is 0.787. The number of aromatic amines is 1. The van der Waals surface area contributed by atoms with E-state index in [1.165, 1.54) is 5.56 Å². The lowest BCUT2D eigenvalue weighted by Gasteiger charge is -2.08. The van der Waals surface area contributed by atoms with Crippen LogP contribution in [0.15, 0.2) is 73.2 Å². The highest BCUT2D eigenvalue weighted by molar-refractivity contribution is 5.80. The molecule has 0 saturated carbocycles. The van der Waals surface area contributed by atoms with E-state index in [4.69, 9.17) is 0 Å². The van der Waals surface area contributed by atoms with Gasteiger partial charge < -0.3 is 5.32 Å². The van der Waals surface area contributed by atoms with Crippen LogP contribution >= 0.6 is 0 Å². The number of nitrogens with zero attached hydrogens (tertiary/aromatic N) is 3. The fourth-order valence-corrected chi connectivity index (χ4v) is 2.66. The monoisotopic (exact) mass is 327 g/mol. The number of hydrogen-bond acceptors (Lipinski definition) is 4. The maximum absolute atomic E-state index is 4.41. The summed E-state index contributed by atoms with van der Waals surface area (Å²) in [6, 6.07) is 18.0. The van der Waals surface area contributed by atoms with Crippen LogP contribution in [-0.2, 0) is 0 Å². The molecule has 0 bridgehead atoms. The smallest absolute Gasteiger partial charge is 0.130 e. The molecule has 1 aromatic carbocycles. The van der Waals surface area contributed by atoms with E-state index >= 15 is 0 Å². The summed E-state index contributed by atoms with van der Waals surface area (Å²) in [5.41, 5.74) is 5.92. The molecule has 0 spiro atoms. The molecule has 0 radical (unpaired) electrons. The first-order valence-electron chi connectivity index (χ1n) is 8.05. The van der Waals surface area contributed by atoms with Crippen LogP contribution in [0.2, 0.25) is 0 Å². The lowest BCUT2D eigenvalue weighted by atomic mass is 10.1. The highest BCUT2D eigenvalue weighted by Gasteiger charge is 2.12. The van der Waals surface area contributed by atoms with Crippen LogP contribution in [0.3, 0.4) is 0 Å². The second-order valence-electron chi connectivity index (χ2n) is 5.78. The van der Waals surface area contributed by atoms with Gasteiger partial charge in [-0.1, -0.05) is 23.8 Å². The number of hydrogen-bond donors (Lipinski definition) is 2. The number of aromatic nitrogens is 4. The van der Waals surface area contributed by atoms with Crippen molar-refractivity contribution in [3.8, 4) is 22.5 Å². The number of benzene rings is 1. The average Bonchev–Trinajstić information content (AvgIpc) is 3.15. The molecule has 0 unspecified atom stereocenters. The van der Waals surface area contributed by atoms with E-state index in [1.807, 2.05) is 48.7 Å². The average molecular weight is 327 g/mol. The van der Waals surface area contributed by atoms with E-state index in [9.17, 15) is 0 Å². The number of nitrogens with one attached hydrogen (secondary N) is 2. The Bertz CT molecular complexity index is 974. The fourth-order valence-electron chi connectivity index (χ4n) is 2.66. The van der Waals surface area contributed by atoms with E-state index in [-0.39, 0.29) is 0 Å². The maximum atomic E-state index is 4.41. The minimum Gasteiger partial charge on any atom is -0.340 e. The van der Waals surface area contributed by atoms with Gasteiger partial charge in [0.05, 0.1) is 5.69 Å². The van der Waals surface area contributed by atoms with Crippen molar-refractivity contribution in [1.82, 2.24) is 20.2 Å². The van der Waals surface area contributed by atoms with Crippen molar-refractivity contribution < 1.29 is 0 Å². The second kappa shape index (κ2) is 6.57. The highest BCUT2D eigenvalue weighted by Crippen LogP contribution is 2.30. The third kappa shape index (κ3) is 3.26. The van der Waals surface area contributed by atoms with Gasteiger partial charge in [-0.3, -0.25) is 10.1 Å². The molecule has 0 aliphatic heterocycles. The first-order chi connectivity index (χ1) is 12.3. The molecule has 4 rings (SSSR count). The van der Waals surface area contributed by atoms with Gasteiger partial charge in [0.1, 0.15) is 11.5 Å². The molecule has 5 nitrogen and oxygen atoms in total. The van der Waals surface area contributed by atoms with Crippen LogP contribution in [0, 0.1) is 6.92 Å². The van der Waals surface area contributed by atoms with Gasteiger partial charge in [0.15, 0.2) is 0 Å². The molecule has 3 aromatic heterocycles. The Morgan fingerprint density at radius 1 is 0.920 bits per heavy atom. The Labute approximate surface area is 145 Å². The van der Waals surface area contributed by atoms with Crippen LogP contribution < -0.4 is 5.32 Å². The maximum Gasteiger partial charge on any atom is 0.130 e. The largest absolute Gasteiger partial charge is 0.340 e. The zero-order valence-electron chi connectivity index (χ0n) is 13.8. The van der Waals surface area contributed by atoms with Crippen molar-refractivity contribution in [2.45, 2.75) is 6.92 Å². The first kappa shape index (κ1) is 15.1. The molecule has 2 N–H and O–H groups in total. The van der Waals surface area contributed by atoms with E-state index in [1.54, 1.807) is 12.4 Å². The molecule has 25 heavy (non-hydrogen) atoms. The van der Waals surface area contributed by atoms with Gasteiger partial charge in [-0.25, -0.2) is 4.98 Å². The van der Waals surface area contributed by atoms with Gasteiger partial charge >= 0.3 is 0 Å². The molecule has 0 atom stereocenters. The summed E-state index contributed by atoms with van der Waals surface area (Å²) in [7, 11) is 0. The molecule has 0 amide bonds. The van der Waals surface area contributed by atoms with Crippen LogP contribution in [0.1, 0.15) is 5.56 Å². The van der Waals surface area contributed by atoms with E-state index in [2.05, 4.69) is 44.5 Å². The van der Waals surface area contributed by atoms with Crippen molar-refractivity contribution in [1.29, 1.82) is 0 Å². The Hall–Kier alpha value is -3.47. The second-order valence-corrected chi connectivity index (χ2v) is 5.78. The molecular weight excluding hydrogens is 310 g/mol. The Morgan fingerprint density at radius 2 is 1.80 bits per heavy atom. The normalized spacial score (nSPS) is 10.6. The molecule has 5 heteroatoms. The Balaban J connectivity index is 1.67. The molecule has 0 aliphatic rings. The Kier molecular flexibility index (Phi) is 3.96. The number of rotatable bonds is 4. The molecule has 4 aromatic rings. The predicted molar refractivity (Wildman–Crippen MR) is 99.5 cm³/mol. The van der Waals surface area contributed by atoms with Crippen LogP contribution in [0.5, 0.6) is 0 Å². The summed E-state index contributed by atoms with van der Waals surface area (Å²) < 4.78 is 0. The van der Waals surface area contributed by atoms with Crippen LogP contribution in [-0.4, -0.2) is 20.2 Å². The number of aryl methyl sites for hydroxylation is 1. The first-order valence-corrected chi connectivity index (χ1v) is 8.05. The SMILES string of the molecule is Cc1ccc(Nc2cc(-c3c[nH]nc3-c3ccccn3)ccn2)cc1. The summed E-state index contributed by atoms with van der Waals surface area (Å²) >= 11 is 0. The molecular formula is C20H17N5. The van der Waals surface area contributed by atoms with Crippen molar-refractivity contribution >= 4 is 11.5 Å². The van der Waals surface area contributed by atoms with Crippen LogP contribution in [0.25, 0.3) is 22.5 Å². The Morgan fingerprint density at radius 3 is 2.60 bits per heavy atom. The molecule has 0 saturated heterocycles. The standard InChI is InChI=1S/C20H17N5/c1-14-5-7-16(8-6-14)24-19-12-15(9-11-22-19)17-13-23-25-20(17)18-4-2-3-10-21-18/h2-13H,1H3,(H,22,24)(H,23,25). The molecule has 0 aliphatic carbocycles. The molecule has 122 valence electrons. The van der Waals surface area contributed by atoms with E-state index in [0.29, 0.717) is 0 Å². The lowest BCUT2D eigenvalue weighted by molar-refractivity contribution is 1.09. The third-order valence-corrected chi connectivity index (χ3v) is 3.94. The van der Waals surface area contributed by atoms with Crippen molar-refractivity contribution in [3.05, 3.63) is 78.8 Å². The van der Waals surface area contributed by atoms with Gasteiger partial charge in [0.2, 0.25) is 0 Å². The zero-order chi connectivity index (χ0) is 17.1. The van der Waals surface area contributed by atoms with Gasteiger partial charge in [-0.15, -0.1) is 0 Å². The quantitative estimate of drug-likeness (QED) is 0.575. The summed E-state index contributed by atoms with van der Waals surface area (Å²) in [5.74, 6) is 0.787. The topological polar surface area (TPSA) is 66.5 Å². The minimum atomic E-state index is 0.787. The zero-order valence-corrected chi connectivity index (χ0v) is 13.8. The molecule has 3 heterocycles. The summed E-state index contributed by atoms with van der Waals surface area (Å²) in [4.78, 5) is 8.80. The summed E-state index contributed by atoms with van der Waals surface area (Å²) in [6.07, 6.45) is 5.45. The number of anilines is 2. The van der Waals surface area contributed by atoms with Gasteiger partial charge in [-0.05, 0) is 48.9 Å². The lowest BCUT2D eigenvalue weighted by Crippen LogP contribution is -1.94. The predicted octanol–water partition coefficient (Wildman–Crippen LogP) is 4.59. The summed E-state index contributed by atoms with van der Waals surface area (Å²) in [5, 5.41) is 10.6. The molecule has 0 fully saturated rings. The summed E-state index contributed by atoms with van der Waals surface area (Å²) in [6.45, 7) is 2.07. The van der Waals surface area contributed by atoms with E-state index in [0.717, 1.165) is 34.0 Å².